The summed E-state index contributed by atoms with van der Waals surface area (Å²) >= 11 is 0. The summed E-state index contributed by atoms with van der Waals surface area (Å²) in [5.41, 5.74) is 2.97. The van der Waals surface area contributed by atoms with Crippen LogP contribution in [-0.4, -0.2) is 35.7 Å². The molecule has 0 atom stereocenters. The first kappa shape index (κ1) is 20.2. The highest BCUT2D eigenvalue weighted by atomic mass is 16.5. The van der Waals surface area contributed by atoms with Gasteiger partial charge in [-0.2, -0.15) is 0 Å². The van der Waals surface area contributed by atoms with E-state index in [1.807, 2.05) is 48.5 Å². The Morgan fingerprint density at radius 3 is 2.40 bits per heavy atom. The first-order chi connectivity index (χ1) is 14.7. The maximum Gasteiger partial charge on any atom is 0.258 e. The third kappa shape index (κ3) is 5.10. The van der Waals surface area contributed by atoms with E-state index in [4.69, 9.17) is 9.47 Å². The third-order valence-electron chi connectivity index (χ3n) is 5.54. The molecule has 0 saturated carbocycles. The number of likely N-dealkylation sites (tertiary alicyclic amines) is 1. The maximum atomic E-state index is 12.6. The summed E-state index contributed by atoms with van der Waals surface area (Å²) in [6.07, 6.45) is 4.33. The number of hydrogen-bond acceptors (Lipinski definition) is 4. The Balaban J connectivity index is 1.35. The van der Waals surface area contributed by atoms with Crippen molar-refractivity contribution in [2.75, 3.05) is 26.2 Å². The first-order valence-electron chi connectivity index (χ1n) is 10.5. The van der Waals surface area contributed by atoms with Crippen molar-refractivity contribution in [1.82, 2.24) is 9.47 Å². The summed E-state index contributed by atoms with van der Waals surface area (Å²) in [5.74, 6) is 1.39. The molecule has 0 aliphatic carbocycles. The lowest BCUT2D eigenvalue weighted by atomic mass is 10.1. The molecule has 0 unspecified atom stereocenters. The van der Waals surface area contributed by atoms with E-state index in [0.717, 1.165) is 23.5 Å². The molecule has 1 aliphatic heterocycles. The van der Waals surface area contributed by atoms with Gasteiger partial charge in [-0.05, 0) is 74.3 Å². The van der Waals surface area contributed by atoms with Crippen molar-refractivity contribution in [1.29, 1.82) is 0 Å². The van der Waals surface area contributed by atoms with Gasteiger partial charge in [0.1, 0.15) is 24.7 Å². The van der Waals surface area contributed by atoms with Crippen molar-refractivity contribution in [3.05, 3.63) is 88.3 Å². The van der Waals surface area contributed by atoms with E-state index in [2.05, 4.69) is 17.9 Å². The van der Waals surface area contributed by atoms with Crippen molar-refractivity contribution >= 4 is 0 Å². The maximum absolute atomic E-state index is 12.6. The van der Waals surface area contributed by atoms with E-state index in [0.29, 0.717) is 19.0 Å². The second-order valence-electron chi connectivity index (χ2n) is 7.68. The van der Waals surface area contributed by atoms with E-state index in [-0.39, 0.29) is 5.56 Å². The molecule has 156 valence electrons. The van der Waals surface area contributed by atoms with Gasteiger partial charge in [0, 0.05) is 24.5 Å². The molecule has 0 radical (unpaired) electrons. The van der Waals surface area contributed by atoms with E-state index >= 15 is 0 Å². The lowest BCUT2D eigenvalue weighted by Crippen LogP contribution is -2.25. The highest BCUT2D eigenvalue weighted by Gasteiger charge is 2.11. The van der Waals surface area contributed by atoms with Crippen molar-refractivity contribution < 1.29 is 9.47 Å². The molecule has 1 aliphatic rings. The van der Waals surface area contributed by atoms with E-state index in [9.17, 15) is 4.79 Å². The monoisotopic (exact) mass is 404 g/mol. The molecule has 0 amide bonds. The predicted molar refractivity (Wildman–Crippen MR) is 119 cm³/mol. The Hall–Kier alpha value is -3.05. The molecular formula is C25H28N2O3. The number of ether oxygens (including phenoxy) is 2. The van der Waals surface area contributed by atoms with Crippen molar-refractivity contribution in [2.45, 2.75) is 26.4 Å². The largest absolute Gasteiger partial charge is 0.492 e. The zero-order valence-corrected chi connectivity index (χ0v) is 17.4. The number of pyridine rings is 1. The summed E-state index contributed by atoms with van der Waals surface area (Å²) in [7, 11) is 0. The quantitative estimate of drug-likeness (QED) is 0.564. The van der Waals surface area contributed by atoms with E-state index in [1.165, 1.54) is 37.6 Å². The number of benzene rings is 2. The van der Waals surface area contributed by atoms with Crippen LogP contribution < -0.4 is 15.0 Å². The molecule has 1 aromatic heterocycles. The predicted octanol–water partition coefficient (Wildman–Crippen LogP) is 4.20. The average molecular weight is 405 g/mol. The van der Waals surface area contributed by atoms with Gasteiger partial charge in [0.05, 0.1) is 0 Å². The molecule has 3 aromatic rings. The Kier molecular flexibility index (Phi) is 6.50. The SMILES string of the molecule is Cc1ccccc1COc1ccn(-c2ccc(OCCN3CCCC3)cc2)c(=O)c1. The van der Waals surface area contributed by atoms with Gasteiger partial charge < -0.3 is 9.47 Å². The van der Waals surface area contributed by atoms with Gasteiger partial charge in [-0.3, -0.25) is 14.3 Å². The minimum atomic E-state index is -0.125. The highest BCUT2D eigenvalue weighted by Crippen LogP contribution is 2.17. The van der Waals surface area contributed by atoms with E-state index < -0.39 is 0 Å². The van der Waals surface area contributed by atoms with Gasteiger partial charge >= 0.3 is 0 Å². The second kappa shape index (κ2) is 9.63. The Morgan fingerprint density at radius 2 is 1.67 bits per heavy atom. The molecule has 1 fully saturated rings. The first-order valence-corrected chi connectivity index (χ1v) is 10.5. The Labute approximate surface area is 177 Å². The summed E-state index contributed by atoms with van der Waals surface area (Å²) in [5, 5.41) is 0. The van der Waals surface area contributed by atoms with Crippen LogP contribution in [0.3, 0.4) is 0 Å². The van der Waals surface area contributed by atoms with Crippen molar-refractivity contribution in [3.8, 4) is 17.2 Å². The fourth-order valence-corrected chi connectivity index (χ4v) is 3.70. The van der Waals surface area contributed by atoms with Crippen LogP contribution in [0.1, 0.15) is 24.0 Å². The van der Waals surface area contributed by atoms with Crippen LogP contribution in [0, 0.1) is 6.92 Å². The lowest BCUT2D eigenvalue weighted by Gasteiger charge is -2.15. The zero-order valence-electron chi connectivity index (χ0n) is 17.4. The molecule has 5 nitrogen and oxygen atoms in total. The van der Waals surface area contributed by atoms with Gasteiger partial charge in [0.15, 0.2) is 0 Å². The third-order valence-corrected chi connectivity index (χ3v) is 5.54. The Morgan fingerprint density at radius 1 is 0.900 bits per heavy atom. The molecule has 0 spiro atoms. The van der Waals surface area contributed by atoms with Crippen molar-refractivity contribution in [2.24, 2.45) is 0 Å². The van der Waals surface area contributed by atoms with Gasteiger partial charge in [-0.15, -0.1) is 0 Å². The minimum absolute atomic E-state index is 0.125. The van der Waals surface area contributed by atoms with E-state index in [1.54, 1.807) is 10.8 Å². The number of hydrogen-bond donors (Lipinski definition) is 0. The van der Waals surface area contributed by atoms with Crippen LogP contribution in [-0.2, 0) is 6.61 Å². The van der Waals surface area contributed by atoms with Crippen LogP contribution in [0.25, 0.3) is 5.69 Å². The number of aromatic nitrogens is 1. The van der Waals surface area contributed by atoms with Crippen LogP contribution in [0.4, 0.5) is 0 Å². The molecule has 5 heteroatoms. The molecule has 4 rings (SSSR count). The summed E-state index contributed by atoms with van der Waals surface area (Å²) in [6.45, 7) is 6.50. The summed E-state index contributed by atoms with van der Waals surface area (Å²) in [6, 6.07) is 19.1. The highest BCUT2D eigenvalue weighted by molar-refractivity contribution is 5.38. The van der Waals surface area contributed by atoms with Crippen LogP contribution >= 0.6 is 0 Å². The smallest absolute Gasteiger partial charge is 0.258 e. The van der Waals surface area contributed by atoms with Crippen LogP contribution in [0.5, 0.6) is 11.5 Å². The molecular weight excluding hydrogens is 376 g/mol. The minimum Gasteiger partial charge on any atom is -0.492 e. The fraction of sp³-hybridized carbons (Fsp3) is 0.320. The molecule has 0 bridgehead atoms. The lowest BCUT2D eigenvalue weighted by molar-refractivity contribution is 0.238. The molecule has 0 N–H and O–H groups in total. The zero-order chi connectivity index (χ0) is 20.8. The number of aryl methyl sites for hydroxylation is 1. The molecule has 30 heavy (non-hydrogen) atoms. The number of nitrogens with zero attached hydrogens (tertiary/aromatic N) is 2. The Bertz CT molecular complexity index is 1020. The van der Waals surface area contributed by atoms with Gasteiger partial charge in [-0.1, -0.05) is 24.3 Å². The molecule has 1 saturated heterocycles. The standard InChI is InChI=1S/C25H28N2O3/c1-20-6-2-3-7-21(20)19-30-24-12-15-27(25(28)18-24)22-8-10-23(11-9-22)29-17-16-26-13-4-5-14-26/h2-3,6-12,15,18H,4-5,13-14,16-17,19H2,1H3. The van der Waals surface area contributed by atoms with Gasteiger partial charge in [-0.25, -0.2) is 0 Å². The second-order valence-corrected chi connectivity index (χ2v) is 7.68. The normalized spacial score (nSPS) is 14.0. The average Bonchev–Trinajstić information content (AvgIpc) is 3.28. The van der Waals surface area contributed by atoms with Gasteiger partial charge in [0.25, 0.3) is 5.56 Å². The fourth-order valence-electron chi connectivity index (χ4n) is 3.70. The van der Waals surface area contributed by atoms with Crippen molar-refractivity contribution in [3.63, 3.8) is 0 Å². The van der Waals surface area contributed by atoms with Gasteiger partial charge in [0.2, 0.25) is 0 Å². The van der Waals surface area contributed by atoms with Crippen LogP contribution in [0.2, 0.25) is 0 Å². The van der Waals surface area contributed by atoms with Crippen LogP contribution in [0.15, 0.2) is 71.7 Å². The summed E-state index contributed by atoms with van der Waals surface area (Å²) < 4.78 is 13.3. The molecule has 2 heterocycles. The number of rotatable bonds is 8. The molecule has 2 aromatic carbocycles. The topological polar surface area (TPSA) is 43.7 Å². The summed E-state index contributed by atoms with van der Waals surface area (Å²) in [4.78, 5) is 15.0.